The number of nitrogens with zero attached hydrogens (tertiary/aromatic N) is 4. The summed E-state index contributed by atoms with van der Waals surface area (Å²) in [6.07, 6.45) is 2.23. The van der Waals surface area contributed by atoms with Gasteiger partial charge in [-0.05, 0) is 44.4 Å². The lowest BCUT2D eigenvalue weighted by atomic mass is 10.1. The Morgan fingerprint density at radius 3 is 2.75 bits per heavy atom. The van der Waals surface area contributed by atoms with Crippen LogP contribution in [0.15, 0.2) is 53.7 Å². The molecule has 0 radical (unpaired) electrons. The summed E-state index contributed by atoms with van der Waals surface area (Å²) in [5.74, 6) is 0.881. The predicted octanol–water partition coefficient (Wildman–Crippen LogP) is 5.12. The average molecular weight is 448 g/mol. The Morgan fingerprint density at radius 1 is 1.16 bits per heavy atom. The van der Waals surface area contributed by atoms with Gasteiger partial charge in [-0.25, -0.2) is 4.98 Å². The fourth-order valence-corrected chi connectivity index (χ4v) is 4.41. The smallest absolute Gasteiger partial charge is 0.220 e. The summed E-state index contributed by atoms with van der Waals surface area (Å²) in [7, 11) is 0. The number of rotatable bonds is 9. The number of carbonyl (C=O) groups excluding carboxylic acids is 1. The molecule has 2 aromatic carbocycles. The highest BCUT2D eigenvalue weighted by Gasteiger charge is 2.16. The summed E-state index contributed by atoms with van der Waals surface area (Å²) in [5.41, 5.74) is 5.19. The molecule has 1 unspecified atom stereocenters. The van der Waals surface area contributed by atoms with Crippen LogP contribution < -0.4 is 5.32 Å². The number of amides is 1. The van der Waals surface area contributed by atoms with Crippen LogP contribution in [0.1, 0.15) is 44.2 Å². The highest BCUT2D eigenvalue weighted by molar-refractivity contribution is 7.99. The zero-order valence-corrected chi connectivity index (χ0v) is 19.7. The van der Waals surface area contributed by atoms with Crippen molar-refractivity contribution in [2.45, 2.75) is 57.8 Å². The van der Waals surface area contributed by atoms with E-state index in [-0.39, 0.29) is 11.9 Å². The van der Waals surface area contributed by atoms with Gasteiger partial charge < -0.3 is 9.88 Å². The van der Waals surface area contributed by atoms with E-state index < -0.39 is 0 Å². The monoisotopic (exact) mass is 447 g/mol. The molecule has 0 saturated carbocycles. The second kappa shape index (κ2) is 10.1. The minimum Gasteiger partial charge on any atom is -0.354 e. The topological polar surface area (TPSA) is 72.7 Å². The van der Waals surface area contributed by atoms with Gasteiger partial charge >= 0.3 is 0 Å². The first-order valence-corrected chi connectivity index (χ1v) is 12.1. The minimum atomic E-state index is 0.104. The van der Waals surface area contributed by atoms with Gasteiger partial charge in [0.05, 0.1) is 5.52 Å². The highest BCUT2D eigenvalue weighted by atomic mass is 32.2. The molecule has 0 aliphatic heterocycles. The van der Waals surface area contributed by atoms with Crippen LogP contribution in [-0.2, 0) is 11.3 Å². The van der Waals surface area contributed by atoms with Crippen LogP contribution in [-0.4, -0.2) is 37.5 Å². The predicted molar refractivity (Wildman–Crippen MR) is 131 cm³/mol. The highest BCUT2D eigenvalue weighted by Crippen LogP contribution is 2.29. The summed E-state index contributed by atoms with van der Waals surface area (Å²) >= 11 is 1.55. The first kappa shape index (κ1) is 22.3. The van der Waals surface area contributed by atoms with E-state index >= 15 is 0 Å². The lowest BCUT2D eigenvalue weighted by molar-refractivity contribution is -0.121. The molecule has 4 aromatic rings. The molecule has 0 saturated heterocycles. The molecule has 0 bridgehead atoms. The summed E-state index contributed by atoms with van der Waals surface area (Å²) in [5, 5.41) is 13.6. The fraction of sp³-hybridized carbons (Fsp3) is 0.360. The minimum absolute atomic E-state index is 0.104. The molecule has 166 valence electrons. The summed E-state index contributed by atoms with van der Waals surface area (Å²) in [6.45, 7) is 6.90. The van der Waals surface area contributed by atoms with Crippen LogP contribution in [0.3, 0.4) is 0 Å². The van der Waals surface area contributed by atoms with Crippen molar-refractivity contribution >= 4 is 39.7 Å². The van der Waals surface area contributed by atoms with E-state index in [0.717, 1.165) is 47.2 Å². The Balaban J connectivity index is 1.55. The number of hydrogen-bond donors (Lipinski definition) is 1. The van der Waals surface area contributed by atoms with Gasteiger partial charge in [0.1, 0.15) is 5.52 Å². The third kappa shape index (κ3) is 5.10. The summed E-state index contributed by atoms with van der Waals surface area (Å²) < 4.78 is 2.22. The molecule has 1 atom stereocenters. The zero-order valence-electron chi connectivity index (χ0n) is 18.8. The molecule has 0 aliphatic carbocycles. The fourth-order valence-electron chi connectivity index (χ4n) is 3.69. The van der Waals surface area contributed by atoms with Crippen molar-refractivity contribution in [2.75, 3.05) is 5.75 Å². The Bertz CT molecular complexity index is 1220. The van der Waals surface area contributed by atoms with E-state index in [1.54, 1.807) is 11.8 Å². The number of thioether (sulfide) groups is 1. The van der Waals surface area contributed by atoms with E-state index in [2.05, 4.69) is 76.4 Å². The van der Waals surface area contributed by atoms with Crippen LogP contribution in [0.2, 0.25) is 0 Å². The Kier molecular flexibility index (Phi) is 7.05. The number of aryl methyl sites for hydroxylation is 1. The molecule has 2 aromatic heterocycles. The Hall–Kier alpha value is -2.93. The molecule has 0 fully saturated rings. The molecule has 32 heavy (non-hydrogen) atoms. The second-order valence-electron chi connectivity index (χ2n) is 8.19. The third-order valence-corrected chi connectivity index (χ3v) is 6.51. The van der Waals surface area contributed by atoms with Crippen molar-refractivity contribution in [3.8, 4) is 0 Å². The van der Waals surface area contributed by atoms with Gasteiger partial charge in [-0.3, -0.25) is 4.79 Å². The van der Waals surface area contributed by atoms with Gasteiger partial charge in [0.2, 0.25) is 11.1 Å². The average Bonchev–Trinajstić information content (AvgIpc) is 3.09. The van der Waals surface area contributed by atoms with Gasteiger partial charge in [0.15, 0.2) is 5.65 Å². The maximum Gasteiger partial charge on any atom is 0.220 e. The SMILES string of the molecule is CCC(C)NC(=O)CCCSc1nnc2c3cc(C)ccc3n(Cc3ccccc3)c2n1. The second-order valence-corrected chi connectivity index (χ2v) is 9.25. The van der Waals surface area contributed by atoms with Crippen molar-refractivity contribution in [3.05, 3.63) is 59.7 Å². The molecule has 1 N–H and O–H groups in total. The quantitative estimate of drug-likeness (QED) is 0.285. The molecule has 4 rings (SSSR count). The molecule has 2 heterocycles. The van der Waals surface area contributed by atoms with Crippen LogP contribution in [0.4, 0.5) is 0 Å². The number of nitrogens with one attached hydrogen (secondary N) is 1. The van der Waals surface area contributed by atoms with Gasteiger partial charge in [0.25, 0.3) is 0 Å². The molecular weight excluding hydrogens is 418 g/mol. The number of carbonyl (C=O) groups is 1. The van der Waals surface area contributed by atoms with E-state index in [1.807, 2.05) is 13.0 Å². The van der Waals surface area contributed by atoms with Crippen molar-refractivity contribution in [1.82, 2.24) is 25.1 Å². The van der Waals surface area contributed by atoms with Gasteiger partial charge in [-0.15, -0.1) is 10.2 Å². The number of benzene rings is 2. The first-order valence-electron chi connectivity index (χ1n) is 11.1. The lowest BCUT2D eigenvalue weighted by Crippen LogP contribution is -2.31. The van der Waals surface area contributed by atoms with Crippen molar-refractivity contribution in [2.24, 2.45) is 0 Å². The van der Waals surface area contributed by atoms with E-state index in [0.29, 0.717) is 11.6 Å². The number of hydrogen-bond acceptors (Lipinski definition) is 5. The molecular formula is C25H29N5OS. The molecule has 0 aliphatic rings. The molecule has 6 nitrogen and oxygen atoms in total. The first-order chi connectivity index (χ1) is 15.5. The van der Waals surface area contributed by atoms with Crippen LogP contribution in [0, 0.1) is 6.92 Å². The maximum absolute atomic E-state index is 12.0. The van der Waals surface area contributed by atoms with Crippen molar-refractivity contribution in [3.63, 3.8) is 0 Å². The van der Waals surface area contributed by atoms with Gasteiger partial charge in [-0.2, -0.15) is 0 Å². The van der Waals surface area contributed by atoms with Crippen molar-refractivity contribution < 1.29 is 4.79 Å². The van der Waals surface area contributed by atoms with E-state index in [4.69, 9.17) is 4.98 Å². The zero-order chi connectivity index (χ0) is 22.5. The molecule has 1 amide bonds. The van der Waals surface area contributed by atoms with Gasteiger partial charge in [-0.1, -0.05) is 60.6 Å². The normalized spacial score (nSPS) is 12.3. The summed E-state index contributed by atoms with van der Waals surface area (Å²) in [4.78, 5) is 16.8. The third-order valence-electron chi connectivity index (χ3n) is 5.59. The Labute approximate surface area is 192 Å². The van der Waals surface area contributed by atoms with Crippen LogP contribution in [0.5, 0.6) is 0 Å². The Morgan fingerprint density at radius 2 is 1.97 bits per heavy atom. The van der Waals surface area contributed by atoms with E-state index in [9.17, 15) is 4.79 Å². The van der Waals surface area contributed by atoms with E-state index in [1.165, 1.54) is 11.1 Å². The van der Waals surface area contributed by atoms with Gasteiger partial charge in [0, 0.05) is 30.1 Å². The van der Waals surface area contributed by atoms with Crippen molar-refractivity contribution in [1.29, 1.82) is 0 Å². The summed E-state index contributed by atoms with van der Waals surface area (Å²) in [6, 6.07) is 17.0. The maximum atomic E-state index is 12.0. The number of aromatic nitrogens is 4. The largest absolute Gasteiger partial charge is 0.354 e. The standard InChI is InChI=1S/C25H29N5OS/c1-4-18(3)26-22(31)11-8-14-32-25-27-24-23(28-29-25)20-15-17(2)12-13-21(20)30(24)16-19-9-6-5-7-10-19/h5-7,9-10,12-13,15,18H,4,8,11,14,16H2,1-3H3,(H,26,31). The number of fused-ring (bicyclic) bond motifs is 3. The molecule has 0 spiro atoms. The van der Waals surface area contributed by atoms with Crippen LogP contribution in [0.25, 0.3) is 22.1 Å². The van der Waals surface area contributed by atoms with Crippen LogP contribution >= 0.6 is 11.8 Å². The molecule has 7 heteroatoms. The lowest BCUT2D eigenvalue weighted by Gasteiger charge is -2.10.